The summed E-state index contributed by atoms with van der Waals surface area (Å²) in [5.74, 6) is -0.817. The van der Waals surface area contributed by atoms with Crippen molar-refractivity contribution in [3.8, 4) is 0 Å². The molecule has 0 heterocycles. The zero-order chi connectivity index (χ0) is 27.9. The molecule has 0 saturated heterocycles. The molecule has 0 aromatic heterocycles. The van der Waals surface area contributed by atoms with E-state index in [4.69, 9.17) is 11.6 Å². The van der Waals surface area contributed by atoms with E-state index in [1.807, 2.05) is 44.2 Å². The van der Waals surface area contributed by atoms with Crippen molar-refractivity contribution >= 4 is 55.1 Å². The Hall–Kier alpha value is -2.88. The summed E-state index contributed by atoms with van der Waals surface area (Å²) in [6.07, 6.45) is 1.33. The van der Waals surface area contributed by atoms with Crippen LogP contribution in [-0.4, -0.2) is 50.5 Å². The van der Waals surface area contributed by atoms with Crippen molar-refractivity contribution in [3.05, 3.63) is 99.0 Å². The van der Waals surface area contributed by atoms with Crippen LogP contribution in [0.4, 0.5) is 5.69 Å². The highest BCUT2D eigenvalue weighted by Crippen LogP contribution is 2.25. The summed E-state index contributed by atoms with van der Waals surface area (Å²) in [5.41, 5.74) is 2.83. The number of nitrogens with zero attached hydrogens (tertiary/aromatic N) is 2. The standard InChI is InChI=1S/C28H31BrClN3O4S/c1-4-31-28(35)26(17-21-8-6-5-7-9-21)32(18-22-10-12-23(30)13-11-22)27(34)19-33(38(3,36)37)24-14-15-25(29)20(2)16-24/h5-16,26H,4,17-19H2,1-3H3,(H,31,35). The van der Waals surface area contributed by atoms with Gasteiger partial charge in [0.15, 0.2) is 0 Å². The third-order valence-electron chi connectivity index (χ3n) is 6.00. The van der Waals surface area contributed by atoms with Gasteiger partial charge in [-0.1, -0.05) is 70.0 Å². The number of halogens is 2. The van der Waals surface area contributed by atoms with E-state index in [-0.39, 0.29) is 18.9 Å². The number of sulfonamides is 1. The van der Waals surface area contributed by atoms with Crippen molar-refractivity contribution in [3.63, 3.8) is 0 Å². The maximum atomic E-state index is 13.9. The third-order valence-corrected chi connectivity index (χ3v) is 8.28. The van der Waals surface area contributed by atoms with Gasteiger partial charge in [0, 0.05) is 29.0 Å². The average Bonchev–Trinajstić information content (AvgIpc) is 2.87. The normalized spacial score (nSPS) is 12.0. The largest absolute Gasteiger partial charge is 0.355 e. The van der Waals surface area contributed by atoms with Gasteiger partial charge < -0.3 is 10.2 Å². The molecule has 7 nitrogen and oxygen atoms in total. The maximum absolute atomic E-state index is 13.9. The lowest BCUT2D eigenvalue weighted by atomic mass is 10.0. The number of aryl methyl sites for hydroxylation is 1. The van der Waals surface area contributed by atoms with E-state index in [9.17, 15) is 18.0 Å². The molecule has 202 valence electrons. The van der Waals surface area contributed by atoms with Crippen LogP contribution in [0.2, 0.25) is 5.02 Å². The van der Waals surface area contributed by atoms with Gasteiger partial charge in [-0.15, -0.1) is 0 Å². The van der Waals surface area contributed by atoms with Crippen LogP contribution < -0.4 is 9.62 Å². The molecule has 0 aliphatic heterocycles. The highest BCUT2D eigenvalue weighted by Gasteiger charge is 2.32. The Bertz CT molecular complexity index is 1370. The monoisotopic (exact) mass is 619 g/mol. The molecule has 0 fully saturated rings. The molecule has 10 heteroatoms. The summed E-state index contributed by atoms with van der Waals surface area (Å²) in [5, 5.41) is 3.38. The van der Waals surface area contributed by atoms with Crippen LogP contribution in [0.1, 0.15) is 23.6 Å². The van der Waals surface area contributed by atoms with E-state index in [1.54, 1.807) is 42.5 Å². The second-order valence-corrected chi connectivity index (χ2v) is 12.1. The third kappa shape index (κ3) is 8.06. The topological polar surface area (TPSA) is 86.8 Å². The first-order valence-corrected chi connectivity index (χ1v) is 15.1. The number of hydrogen-bond donors (Lipinski definition) is 1. The van der Waals surface area contributed by atoms with Crippen molar-refractivity contribution in [1.29, 1.82) is 0 Å². The van der Waals surface area contributed by atoms with Crippen LogP contribution in [0.15, 0.2) is 77.3 Å². The molecular formula is C28H31BrClN3O4S. The minimum Gasteiger partial charge on any atom is -0.355 e. The van der Waals surface area contributed by atoms with Crippen LogP contribution >= 0.6 is 27.5 Å². The summed E-state index contributed by atoms with van der Waals surface area (Å²) < 4.78 is 27.6. The lowest BCUT2D eigenvalue weighted by molar-refractivity contribution is -0.140. The zero-order valence-corrected chi connectivity index (χ0v) is 24.7. The van der Waals surface area contributed by atoms with Crippen LogP contribution in [0.5, 0.6) is 0 Å². The maximum Gasteiger partial charge on any atom is 0.244 e. The van der Waals surface area contributed by atoms with E-state index in [0.29, 0.717) is 17.3 Å². The Balaban J connectivity index is 2.04. The first-order chi connectivity index (χ1) is 18.0. The van der Waals surface area contributed by atoms with Gasteiger partial charge in [0.25, 0.3) is 0 Å². The lowest BCUT2D eigenvalue weighted by Crippen LogP contribution is -2.53. The number of likely N-dealkylation sites (N-methyl/N-ethyl adjacent to an activating group) is 1. The first kappa shape index (κ1) is 29.7. The Morgan fingerprint density at radius 1 is 1.00 bits per heavy atom. The van der Waals surface area contributed by atoms with Gasteiger partial charge in [0.05, 0.1) is 11.9 Å². The van der Waals surface area contributed by atoms with Gasteiger partial charge in [-0.25, -0.2) is 8.42 Å². The van der Waals surface area contributed by atoms with Crippen molar-refractivity contribution in [2.45, 2.75) is 32.9 Å². The number of amides is 2. The molecule has 38 heavy (non-hydrogen) atoms. The van der Waals surface area contributed by atoms with E-state index < -0.39 is 28.5 Å². The Labute approximate surface area is 238 Å². The van der Waals surface area contributed by atoms with Crippen LogP contribution in [-0.2, 0) is 32.6 Å². The Morgan fingerprint density at radius 3 is 2.24 bits per heavy atom. The van der Waals surface area contributed by atoms with Crippen molar-refractivity contribution in [2.24, 2.45) is 0 Å². The minimum atomic E-state index is -3.82. The second kappa shape index (κ2) is 13.3. The Kier molecular flexibility index (Phi) is 10.4. The molecule has 2 amide bonds. The van der Waals surface area contributed by atoms with E-state index in [1.165, 1.54) is 4.90 Å². The molecule has 0 aliphatic rings. The highest BCUT2D eigenvalue weighted by molar-refractivity contribution is 9.10. The van der Waals surface area contributed by atoms with E-state index in [0.717, 1.165) is 31.7 Å². The Morgan fingerprint density at radius 2 is 1.66 bits per heavy atom. The van der Waals surface area contributed by atoms with Crippen LogP contribution in [0.25, 0.3) is 0 Å². The van der Waals surface area contributed by atoms with Crippen LogP contribution in [0, 0.1) is 6.92 Å². The van der Waals surface area contributed by atoms with Gasteiger partial charge in [0.2, 0.25) is 21.8 Å². The summed E-state index contributed by atoms with van der Waals surface area (Å²) in [6.45, 7) is 3.68. The number of carbonyl (C=O) groups is 2. The lowest BCUT2D eigenvalue weighted by Gasteiger charge is -2.33. The fourth-order valence-corrected chi connectivity index (χ4v) is 5.24. The average molecular weight is 621 g/mol. The molecule has 0 radical (unpaired) electrons. The molecular weight excluding hydrogens is 590 g/mol. The molecule has 3 aromatic rings. The van der Waals surface area contributed by atoms with Gasteiger partial charge in [-0.05, 0) is 60.9 Å². The van der Waals surface area contributed by atoms with E-state index in [2.05, 4.69) is 21.2 Å². The summed E-state index contributed by atoms with van der Waals surface area (Å²) >= 11 is 9.49. The van der Waals surface area contributed by atoms with E-state index >= 15 is 0 Å². The summed E-state index contributed by atoms with van der Waals surface area (Å²) in [7, 11) is -3.82. The number of rotatable bonds is 11. The number of benzene rings is 3. The number of nitrogens with one attached hydrogen (secondary N) is 1. The van der Waals surface area contributed by atoms with Crippen molar-refractivity contribution < 1.29 is 18.0 Å². The summed E-state index contributed by atoms with van der Waals surface area (Å²) in [6, 6.07) is 20.6. The fourth-order valence-electron chi connectivity index (χ4n) is 4.03. The predicted octanol–water partition coefficient (Wildman–Crippen LogP) is 4.95. The summed E-state index contributed by atoms with van der Waals surface area (Å²) in [4.78, 5) is 28.7. The second-order valence-electron chi connectivity index (χ2n) is 8.95. The molecule has 3 rings (SSSR count). The van der Waals surface area contributed by atoms with Gasteiger partial charge >= 0.3 is 0 Å². The molecule has 0 aliphatic carbocycles. The fraction of sp³-hybridized carbons (Fsp3) is 0.286. The molecule has 0 saturated carbocycles. The highest BCUT2D eigenvalue weighted by atomic mass is 79.9. The van der Waals surface area contributed by atoms with Crippen LogP contribution in [0.3, 0.4) is 0 Å². The molecule has 1 atom stereocenters. The predicted molar refractivity (Wildman–Crippen MR) is 156 cm³/mol. The van der Waals surface area contributed by atoms with Gasteiger partial charge in [-0.3, -0.25) is 13.9 Å². The number of anilines is 1. The van der Waals surface area contributed by atoms with Crippen molar-refractivity contribution in [1.82, 2.24) is 10.2 Å². The number of carbonyl (C=O) groups excluding carboxylic acids is 2. The quantitative estimate of drug-likeness (QED) is 0.329. The zero-order valence-electron chi connectivity index (χ0n) is 21.5. The van der Waals surface area contributed by atoms with Crippen molar-refractivity contribution in [2.75, 3.05) is 23.7 Å². The number of hydrogen-bond acceptors (Lipinski definition) is 4. The molecule has 3 aromatic carbocycles. The smallest absolute Gasteiger partial charge is 0.244 e. The minimum absolute atomic E-state index is 0.0988. The first-order valence-electron chi connectivity index (χ1n) is 12.1. The van der Waals surface area contributed by atoms with Gasteiger partial charge in [0.1, 0.15) is 12.6 Å². The SMILES string of the molecule is CCNC(=O)C(Cc1ccccc1)N(Cc1ccc(Cl)cc1)C(=O)CN(c1ccc(Br)c(C)c1)S(C)(=O)=O. The molecule has 1 unspecified atom stereocenters. The molecule has 0 bridgehead atoms. The van der Waals surface area contributed by atoms with Gasteiger partial charge in [-0.2, -0.15) is 0 Å². The molecule has 1 N–H and O–H groups in total. The molecule has 0 spiro atoms.